The van der Waals surface area contributed by atoms with Crippen molar-refractivity contribution < 1.29 is 24.0 Å². The molecular formula is C20H24N4O6. The second kappa shape index (κ2) is 7.21. The number of ether oxygens (including phenoxy) is 1. The van der Waals surface area contributed by atoms with E-state index >= 15 is 0 Å². The first-order chi connectivity index (χ1) is 13.8. The number of rotatable bonds is 3. The lowest BCUT2D eigenvalue weighted by Crippen LogP contribution is -2.45. The Kier molecular flexibility index (Phi) is 5.15. The van der Waals surface area contributed by atoms with Crippen LogP contribution in [0, 0.1) is 10.1 Å². The maximum absolute atomic E-state index is 12.9. The minimum atomic E-state index is -0.900. The predicted octanol–water partition coefficient (Wildman–Crippen LogP) is 2.81. The highest BCUT2D eigenvalue weighted by atomic mass is 16.6. The molecule has 1 aromatic rings. The third kappa shape index (κ3) is 4.04. The van der Waals surface area contributed by atoms with Crippen molar-refractivity contribution in [3.63, 3.8) is 0 Å². The molecule has 1 fully saturated rings. The molecule has 1 N–H and O–H groups in total. The predicted molar refractivity (Wildman–Crippen MR) is 106 cm³/mol. The molecule has 3 amide bonds. The van der Waals surface area contributed by atoms with Crippen LogP contribution in [0.3, 0.4) is 0 Å². The zero-order valence-electron chi connectivity index (χ0n) is 17.5. The molecule has 2 heterocycles. The van der Waals surface area contributed by atoms with Gasteiger partial charge in [-0.1, -0.05) is 12.1 Å². The number of nitrogens with zero attached hydrogens (tertiary/aromatic N) is 3. The Balaban J connectivity index is 1.96. The van der Waals surface area contributed by atoms with Crippen molar-refractivity contribution in [2.75, 3.05) is 0 Å². The average Bonchev–Trinajstić information content (AvgIpc) is 3.10. The highest BCUT2D eigenvalue weighted by molar-refractivity contribution is 6.04. The molecule has 1 atom stereocenters. The summed E-state index contributed by atoms with van der Waals surface area (Å²) >= 11 is 0. The van der Waals surface area contributed by atoms with Gasteiger partial charge in [-0.25, -0.2) is 9.80 Å². The molecule has 0 bridgehead atoms. The van der Waals surface area contributed by atoms with E-state index in [1.165, 1.54) is 23.3 Å². The van der Waals surface area contributed by atoms with E-state index in [4.69, 9.17) is 4.74 Å². The molecule has 10 heteroatoms. The summed E-state index contributed by atoms with van der Waals surface area (Å²) in [6.07, 6.45) is 0.750. The third-order valence-corrected chi connectivity index (χ3v) is 4.79. The minimum Gasteiger partial charge on any atom is -0.444 e. The van der Waals surface area contributed by atoms with Crippen LogP contribution in [-0.4, -0.2) is 44.0 Å². The van der Waals surface area contributed by atoms with Gasteiger partial charge in [-0.2, -0.15) is 5.01 Å². The van der Waals surface area contributed by atoms with Gasteiger partial charge in [-0.3, -0.25) is 25.0 Å². The number of hydrogen-bond donors (Lipinski definition) is 1. The van der Waals surface area contributed by atoms with E-state index in [2.05, 4.69) is 5.32 Å². The zero-order valence-corrected chi connectivity index (χ0v) is 17.5. The van der Waals surface area contributed by atoms with Gasteiger partial charge in [0.25, 0.3) is 11.6 Å². The van der Waals surface area contributed by atoms with Gasteiger partial charge in [0.05, 0.1) is 16.5 Å². The van der Waals surface area contributed by atoms with Crippen LogP contribution < -0.4 is 5.32 Å². The molecule has 0 spiro atoms. The third-order valence-electron chi connectivity index (χ3n) is 4.79. The van der Waals surface area contributed by atoms with E-state index in [-0.39, 0.29) is 23.6 Å². The van der Waals surface area contributed by atoms with Crippen molar-refractivity contribution in [3.8, 4) is 0 Å². The lowest BCUT2D eigenvalue weighted by Gasteiger charge is -2.36. The first-order valence-electron chi connectivity index (χ1n) is 9.42. The maximum atomic E-state index is 12.9. The van der Waals surface area contributed by atoms with Crippen molar-refractivity contribution in [1.82, 2.24) is 15.3 Å². The van der Waals surface area contributed by atoms with Crippen LogP contribution >= 0.6 is 0 Å². The number of alkyl carbamates (subject to hydrolysis) is 1. The number of fused-ring (bicyclic) bond motifs is 1. The molecule has 0 aliphatic carbocycles. The Labute approximate surface area is 173 Å². The number of benzene rings is 1. The molecule has 0 saturated carbocycles. The largest absolute Gasteiger partial charge is 0.444 e. The minimum absolute atomic E-state index is 0.0888. The second-order valence-corrected chi connectivity index (χ2v) is 8.86. The zero-order chi connectivity index (χ0) is 22.4. The fourth-order valence-corrected chi connectivity index (χ4v) is 3.64. The number of non-ortho nitro benzene ring substituents is 1. The lowest BCUT2D eigenvalue weighted by atomic mass is 9.93. The standard InChI is InChI=1S/C20H24N4O6/c1-19(2,3)30-18(27)21-17(26)14-11-22-15(25)10-20(4,5)23(22)16(14)12-6-8-13(9-7-12)24(28)29/h6-9,11,16H,10H2,1-5H3,(H,21,26,27). The topological polar surface area (TPSA) is 122 Å². The smallest absolute Gasteiger partial charge is 0.414 e. The molecule has 1 unspecified atom stereocenters. The molecular weight excluding hydrogens is 392 g/mol. The summed E-state index contributed by atoms with van der Waals surface area (Å²) in [5, 5.41) is 16.3. The highest BCUT2D eigenvalue weighted by Gasteiger charge is 2.53. The Morgan fingerprint density at radius 2 is 1.83 bits per heavy atom. The summed E-state index contributed by atoms with van der Waals surface area (Å²) in [5.74, 6) is -0.891. The van der Waals surface area contributed by atoms with E-state index in [1.807, 2.05) is 13.8 Å². The monoisotopic (exact) mass is 416 g/mol. The normalized spacial score (nSPS) is 20.6. The number of hydrogen-bond acceptors (Lipinski definition) is 7. The summed E-state index contributed by atoms with van der Waals surface area (Å²) in [6, 6.07) is 5.06. The Morgan fingerprint density at radius 3 is 2.37 bits per heavy atom. The van der Waals surface area contributed by atoms with Crippen LogP contribution in [0.5, 0.6) is 0 Å². The first-order valence-corrected chi connectivity index (χ1v) is 9.42. The van der Waals surface area contributed by atoms with Crippen molar-refractivity contribution in [2.24, 2.45) is 0 Å². The molecule has 0 aromatic heterocycles. The summed E-state index contributed by atoms with van der Waals surface area (Å²) in [7, 11) is 0. The Morgan fingerprint density at radius 1 is 1.23 bits per heavy atom. The van der Waals surface area contributed by atoms with Gasteiger partial charge in [-0.15, -0.1) is 0 Å². The molecule has 0 radical (unpaired) electrons. The first kappa shape index (κ1) is 21.4. The van der Waals surface area contributed by atoms with E-state index in [0.717, 1.165) is 0 Å². The van der Waals surface area contributed by atoms with Crippen molar-refractivity contribution in [1.29, 1.82) is 0 Å². The number of amides is 3. The number of nitro groups is 1. The van der Waals surface area contributed by atoms with E-state index in [1.54, 1.807) is 37.9 Å². The fourth-order valence-electron chi connectivity index (χ4n) is 3.64. The molecule has 1 saturated heterocycles. The van der Waals surface area contributed by atoms with Gasteiger partial charge < -0.3 is 4.74 Å². The second-order valence-electron chi connectivity index (χ2n) is 8.86. The van der Waals surface area contributed by atoms with Gasteiger partial charge in [-0.05, 0) is 40.2 Å². The van der Waals surface area contributed by atoms with Gasteiger partial charge in [0.1, 0.15) is 5.60 Å². The Bertz CT molecular complexity index is 945. The quantitative estimate of drug-likeness (QED) is 0.594. The van der Waals surface area contributed by atoms with Crippen molar-refractivity contribution in [2.45, 2.75) is 58.2 Å². The summed E-state index contributed by atoms with van der Waals surface area (Å²) < 4.78 is 5.14. The van der Waals surface area contributed by atoms with Crippen LogP contribution in [0.25, 0.3) is 0 Å². The number of nitrogens with one attached hydrogen (secondary N) is 1. The summed E-state index contributed by atoms with van der Waals surface area (Å²) in [5.41, 5.74) is -0.733. The Hall–Kier alpha value is -3.27. The molecule has 30 heavy (non-hydrogen) atoms. The van der Waals surface area contributed by atoms with Crippen LogP contribution in [0.2, 0.25) is 0 Å². The van der Waals surface area contributed by atoms with E-state index in [0.29, 0.717) is 5.56 Å². The average molecular weight is 416 g/mol. The van der Waals surface area contributed by atoms with Gasteiger partial charge >= 0.3 is 6.09 Å². The molecule has 1 aromatic carbocycles. The number of carbonyl (C=O) groups excluding carboxylic acids is 3. The summed E-state index contributed by atoms with van der Waals surface area (Å²) in [6.45, 7) is 8.76. The van der Waals surface area contributed by atoms with Crippen molar-refractivity contribution >= 4 is 23.6 Å². The van der Waals surface area contributed by atoms with Gasteiger partial charge in [0.2, 0.25) is 5.91 Å². The summed E-state index contributed by atoms with van der Waals surface area (Å²) in [4.78, 5) is 47.9. The van der Waals surface area contributed by atoms with Gasteiger partial charge in [0, 0.05) is 30.3 Å². The van der Waals surface area contributed by atoms with Crippen LogP contribution in [0.15, 0.2) is 36.0 Å². The molecule has 160 valence electrons. The molecule has 2 aliphatic rings. The highest BCUT2D eigenvalue weighted by Crippen LogP contribution is 2.46. The number of imide groups is 1. The SMILES string of the molecule is CC(C)(C)OC(=O)NC(=O)C1=CN2C(=O)CC(C)(C)N2C1c1ccc([N+](=O)[O-])cc1. The van der Waals surface area contributed by atoms with E-state index < -0.39 is 34.1 Å². The molecule has 10 nitrogen and oxygen atoms in total. The maximum Gasteiger partial charge on any atom is 0.414 e. The number of carbonyl (C=O) groups is 3. The molecule has 3 rings (SSSR count). The van der Waals surface area contributed by atoms with Crippen LogP contribution in [0.4, 0.5) is 10.5 Å². The fraction of sp³-hybridized carbons (Fsp3) is 0.450. The lowest BCUT2D eigenvalue weighted by molar-refractivity contribution is -0.384. The molecule has 2 aliphatic heterocycles. The van der Waals surface area contributed by atoms with Crippen LogP contribution in [-0.2, 0) is 14.3 Å². The van der Waals surface area contributed by atoms with Crippen LogP contribution in [0.1, 0.15) is 52.6 Å². The van der Waals surface area contributed by atoms with Gasteiger partial charge in [0.15, 0.2) is 0 Å². The van der Waals surface area contributed by atoms with E-state index in [9.17, 15) is 24.5 Å². The van der Waals surface area contributed by atoms with Crippen molar-refractivity contribution in [3.05, 3.63) is 51.7 Å². The number of nitro benzene ring substituents is 1. The number of hydrazine groups is 1.